The molecule has 0 aliphatic carbocycles. The fourth-order valence-corrected chi connectivity index (χ4v) is 4.84. The summed E-state index contributed by atoms with van der Waals surface area (Å²) in [6.07, 6.45) is -0.225. The topological polar surface area (TPSA) is 50.9 Å². The van der Waals surface area contributed by atoms with Gasteiger partial charge in [-0.05, 0) is 47.5 Å². The van der Waals surface area contributed by atoms with Gasteiger partial charge in [0, 0.05) is 38.6 Å². The maximum absolute atomic E-state index is 10.9. The van der Waals surface area contributed by atoms with E-state index in [0.29, 0.717) is 33.6 Å². The van der Waals surface area contributed by atoms with Crippen molar-refractivity contribution in [3.8, 4) is 56.3 Å². The molecule has 1 N–H and O–H groups in total. The quantitative estimate of drug-likeness (QED) is 0.182. The minimum Gasteiger partial charge on any atom is -0.507 e. The predicted octanol–water partition coefficient (Wildman–Crippen LogP) is 8.59. The van der Waals surface area contributed by atoms with E-state index in [-0.39, 0.29) is 68.4 Å². The number of imidazole rings is 1. The number of pyridine rings is 1. The fraction of sp³-hybridized carbons (Fsp3) is 0. The molecule has 0 saturated heterocycles. The van der Waals surface area contributed by atoms with Crippen LogP contribution in [-0.4, -0.2) is 19.6 Å². The monoisotopic (exact) mass is 714 g/mol. The molecule has 7 rings (SSSR count). The molecule has 0 radical (unpaired) electrons. The first kappa shape index (κ1) is 21.0. The third-order valence-corrected chi connectivity index (χ3v) is 6.69. The summed E-state index contributed by atoms with van der Waals surface area (Å²) >= 11 is 0. The molecule has 0 unspecified atom stereocenters. The van der Waals surface area contributed by atoms with Gasteiger partial charge in [0.05, 0.1) is 23.5 Å². The number of hydrogen-bond donors (Lipinski definition) is 1. The molecule has 7 aromatic rings. The summed E-state index contributed by atoms with van der Waals surface area (Å²) in [5.74, 6) is 0.150. The van der Waals surface area contributed by atoms with E-state index in [4.69, 9.17) is 11.8 Å². The van der Waals surface area contributed by atoms with Crippen LogP contribution in [0.1, 0.15) is 6.85 Å². The van der Waals surface area contributed by atoms with Gasteiger partial charge in [-0.25, -0.2) is 4.98 Å². The van der Waals surface area contributed by atoms with E-state index in [1.807, 2.05) is 95.6 Å². The Morgan fingerprint density at radius 2 is 1.46 bits per heavy atom. The van der Waals surface area contributed by atoms with Crippen LogP contribution >= 0.6 is 0 Å². The van der Waals surface area contributed by atoms with Gasteiger partial charge in [-0.1, -0.05) is 89.9 Å². The minimum atomic E-state index is -0.225. The maximum Gasteiger partial charge on any atom is 0.148 e. The number of rotatable bonds is 5. The normalized spacial score (nSPS) is 12.5. The Bertz CT molecular complexity index is 2220. The summed E-state index contributed by atoms with van der Waals surface area (Å²) < 4.78 is 44.3. The summed E-state index contributed by atoms with van der Waals surface area (Å²) in [6, 6.07) is 35.9. The fourth-order valence-electron chi connectivity index (χ4n) is 4.84. The van der Waals surface area contributed by atoms with Crippen LogP contribution in [0.3, 0.4) is 0 Å². The van der Waals surface area contributed by atoms with Crippen LogP contribution in [0.15, 0.2) is 140 Å². The van der Waals surface area contributed by atoms with E-state index in [0.717, 1.165) is 16.8 Å². The molecule has 5 heteroatoms. The summed E-state index contributed by atoms with van der Waals surface area (Å²) in [7, 11) is 0. The molecule has 0 bridgehead atoms. The summed E-state index contributed by atoms with van der Waals surface area (Å²) in [5, 5.41) is 10.9. The van der Waals surface area contributed by atoms with Crippen LogP contribution in [0.2, 0.25) is 0 Å². The average molecular weight is 715 g/mol. The Morgan fingerprint density at radius 3 is 2.27 bits per heavy atom. The van der Waals surface area contributed by atoms with Gasteiger partial charge in [0.25, 0.3) is 0 Å². The van der Waals surface area contributed by atoms with E-state index >= 15 is 0 Å². The van der Waals surface area contributed by atoms with Crippen molar-refractivity contribution in [2.24, 2.45) is 0 Å². The summed E-state index contributed by atoms with van der Waals surface area (Å²) in [4.78, 5) is 9.31. The molecule has 0 fully saturated rings. The molecular weight excluding hydrogens is 685 g/mol. The van der Waals surface area contributed by atoms with E-state index in [1.165, 1.54) is 12.1 Å². The van der Waals surface area contributed by atoms with Crippen molar-refractivity contribution in [1.82, 2.24) is 14.5 Å². The second-order valence-electron chi connectivity index (χ2n) is 9.18. The zero-order chi connectivity index (χ0) is 31.2. The standard InChI is InChI=1S/C36H24N3O.Pt/c40-34-20-8-7-17-31(34)36-38-35-30(18-10-19-33(35)39(36)29-15-5-2-6-16-29)27-13-9-14-28(23-27)32-24-26(21-22-37-32)25-11-3-1-4-12-25;/h1-22,24,40H;/q-1;/i8D,17D,21D,22D,24D;. The van der Waals surface area contributed by atoms with Gasteiger partial charge in [-0.2, -0.15) is 0 Å². The van der Waals surface area contributed by atoms with Crippen molar-refractivity contribution in [1.29, 1.82) is 0 Å². The zero-order valence-electron chi connectivity index (χ0n) is 26.5. The molecule has 41 heavy (non-hydrogen) atoms. The minimum absolute atomic E-state index is 0. The smallest absolute Gasteiger partial charge is 0.148 e. The van der Waals surface area contributed by atoms with Crippen molar-refractivity contribution >= 4 is 11.0 Å². The third-order valence-electron chi connectivity index (χ3n) is 6.69. The van der Waals surface area contributed by atoms with Crippen molar-refractivity contribution < 1.29 is 33.0 Å². The van der Waals surface area contributed by atoms with Crippen LogP contribution in [0.5, 0.6) is 5.75 Å². The first-order chi connectivity index (χ1) is 21.8. The van der Waals surface area contributed by atoms with Gasteiger partial charge < -0.3 is 5.11 Å². The van der Waals surface area contributed by atoms with Crippen LogP contribution < -0.4 is 0 Å². The number of aromatic hydroxyl groups is 1. The average Bonchev–Trinajstić information content (AvgIpc) is 3.42. The van der Waals surface area contributed by atoms with E-state index < -0.39 is 0 Å². The van der Waals surface area contributed by atoms with Gasteiger partial charge in [0.1, 0.15) is 11.6 Å². The molecule has 0 aliphatic heterocycles. The first-order valence-corrected chi connectivity index (χ1v) is 12.8. The molecule has 4 nitrogen and oxygen atoms in total. The molecule has 5 aromatic carbocycles. The van der Waals surface area contributed by atoms with Crippen molar-refractivity contribution in [2.45, 2.75) is 0 Å². The second-order valence-corrected chi connectivity index (χ2v) is 9.18. The van der Waals surface area contributed by atoms with Gasteiger partial charge in [0.2, 0.25) is 0 Å². The van der Waals surface area contributed by atoms with Crippen LogP contribution in [0.4, 0.5) is 0 Å². The van der Waals surface area contributed by atoms with Gasteiger partial charge in [-0.3, -0.25) is 9.55 Å². The molecule has 2 heterocycles. The first-order valence-electron chi connectivity index (χ1n) is 15.3. The number of fused-ring (bicyclic) bond motifs is 1. The van der Waals surface area contributed by atoms with Crippen molar-refractivity contribution in [3.05, 3.63) is 146 Å². The number of aromatic nitrogens is 3. The molecule has 2 aromatic heterocycles. The second kappa shape index (κ2) is 11.4. The number of para-hydroxylation sites is 3. The zero-order valence-corrected chi connectivity index (χ0v) is 23.8. The number of nitrogens with zero attached hydrogens (tertiary/aromatic N) is 3. The number of benzene rings is 5. The Labute approximate surface area is 259 Å². The van der Waals surface area contributed by atoms with Crippen LogP contribution in [0, 0.1) is 6.07 Å². The SMILES string of the molecule is [2H]c1cc([2H])c(-c2nc3c(-c4[c-]c(-c5nc([2H])c([2H])c(-c6ccccc6)c5[2H])ccc4)cccc3n2-c2ccccc2)c(O)c1.[Pt]. The molecule has 0 spiro atoms. The Morgan fingerprint density at radius 1 is 0.707 bits per heavy atom. The van der Waals surface area contributed by atoms with Crippen molar-refractivity contribution in [3.63, 3.8) is 0 Å². The molecule has 200 valence electrons. The van der Waals surface area contributed by atoms with Crippen molar-refractivity contribution in [2.75, 3.05) is 0 Å². The van der Waals surface area contributed by atoms with Crippen LogP contribution in [-0.2, 0) is 21.1 Å². The number of phenolic OH excluding ortho intramolecular Hbond substituents is 1. The van der Waals surface area contributed by atoms with Gasteiger partial charge in [-0.15, -0.1) is 29.8 Å². The van der Waals surface area contributed by atoms with E-state index in [2.05, 4.69) is 11.1 Å². The summed E-state index contributed by atoms with van der Waals surface area (Å²) in [6.45, 7) is 0. The Kier molecular flexibility index (Phi) is 5.83. The van der Waals surface area contributed by atoms with E-state index in [9.17, 15) is 5.11 Å². The predicted molar refractivity (Wildman–Crippen MR) is 161 cm³/mol. The largest absolute Gasteiger partial charge is 0.507 e. The van der Waals surface area contributed by atoms with Crippen LogP contribution in [0.25, 0.3) is 61.6 Å². The Balaban J connectivity index is 0.00000372. The molecule has 0 atom stereocenters. The van der Waals surface area contributed by atoms with E-state index in [1.54, 1.807) is 6.07 Å². The Hall–Kier alpha value is -4.79. The molecule has 0 amide bonds. The van der Waals surface area contributed by atoms with Gasteiger partial charge >= 0.3 is 0 Å². The number of phenols is 1. The van der Waals surface area contributed by atoms with Gasteiger partial charge in [0.15, 0.2) is 0 Å². The number of hydrogen-bond acceptors (Lipinski definition) is 3. The molecule has 0 aliphatic rings. The molecule has 0 saturated carbocycles. The molecular formula is C36H24N3OPt-. The summed E-state index contributed by atoms with van der Waals surface area (Å²) in [5.41, 5.74) is 5.48. The third kappa shape index (κ3) is 4.99. The maximum atomic E-state index is 10.9.